The van der Waals surface area contributed by atoms with Crippen LogP contribution in [0.2, 0.25) is 0 Å². The Hall–Kier alpha value is -0.770. The highest BCUT2D eigenvalue weighted by Crippen LogP contribution is 2.24. The van der Waals surface area contributed by atoms with Crippen LogP contribution in [0.1, 0.15) is 11.7 Å². The lowest BCUT2D eigenvalue weighted by atomic mass is 10.0. The Morgan fingerprint density at radius 2 is 1.74 bits per heavy atom. The van der Waals surface area contributed by atoms with Gasteiger partial charge in [-0.25, -0.2) is 0 Å². The average molecular weight is 382 g/mol. The van der Waals surface area contributed by atoms with Gasteiger partial charge in [0.25, 0.3) is 5.69 Å². The highest BCUT2D eigenvalue weighted by atomic mass is 127. The summed E-state index contributed by atoms with van der Waals surface area (Å²) < 4.78 is 0.397. The van der Waals surface area contributed by atoms with Crippen molar-refractivity contribution in [3.05, 3.63) is 39.9 Å². The summed E-state index contributed by atoms with van der Waals surface area (Å²) in [5.41, 5.74) is 0.546. The molecule has 2 N–H and O–H groups in total. The Morgan fingerprint density at radius 3 is 2.05 bits per heavy atom. The lowest BCUT2D eigenvalue weighted by molar-refractivity contribution is -0.901. The van der Waals surface area contributed by atoms with E-state index in [4.69, 9.17) is 0 Å². The smallest absolute Gasteiger partial charge is 0.269 e. The normalized spacial score (nSPS) is 14.4. The molecule has 0 fully saturated rings. The van der Waals surface area contributed by atoms with E-state index in [0.717, 1.165) is 0 Å². The number of rotatable bonds is 5. The van der Waals surface area contributed by atoms with Gasteiger partial charge in [0.05, 0.1) is 32.7 Å². The van der Waals surface area contributed by atoms with Crippen LogP contribution in [-0.2, 0) is 0 Å². The van der Waals surface area contributed by atoms with E-state index in [-0.39, 0.29) is 42.3 Å². The molecule has 0 saturated heterocycles. The molecule has 1 aromatic carbocycles. The molecule has 0 aliphatic carbocycles. The van der Waals surface area contributed by atoms with Gasteiger partial charge >= 0.3 is 0 Å². The number of likely N-dealkylation sites (N-methyl/N-ethyl adjacent to an activating group) is 1. The van der Waals surface area contributed by atoms with Crippen molar-refractivity contribution in [1.29, 1.82) is 0 Å². The number of benzene rings is 1. The molecule has 2 atom stereocenters. The lowest BCUT2D eigenvalue weighted by Gasteiger charge is -2.35. The van der Waals surface area contributed by atoms with Gasteiger partial charge in [-0.1, -0.05) is 0 Å². The van der Waals surface area contributed by atoms with E-state index < -0.39 is 11.0 Å². The minimum atomic E-state index is -0.865. The monoisotopic (exact) mass is 382 g/mol. The fraction of sp³-hybridized carbons (Fsp3) is 0.500. The molecule has 6 nitrogen and oxygen atoms in total. The van der Waals surface area contributed by atoms with Gasteiger partial charge in [-0.2, -0.15) is 0 Å². The second-order valence-corrected chi connectivity index (χ2v) is 5.16. The Labute approximate surface area is 129 Å². The second kappa shape index (κ2) is 7.13. The first-order valence-corrected chi connectivity index (χ1v) is 5.61. The first-order chi connectivity index (χ1) is 8.27. The van der Waals surface area contributed by atoms with Crippen LogP contribution in [0.5, 0.6) is 0 Å². The summed E-state index contributed by atoms with van der Waals surface area (Å²) in [6, 6.07) is 5.35. The van der Waals surface area contributed by atoms with Gasteiger partial charge in [0, 0.05) is 12.1 Å². The molecular weight excluding hydrogens is 363 g/mol. The highest BCUT2D eigenvalue weighted by molar-refractivity contribution is 5.34. The van der Waals surface area contributed by atoms with E-state index >= 15 is 0 Å². The van der Waals surface area contributed by atoms with Gasteiger partial charge < -0.3 is 38.7 Å². The van der Waals surface area contributed by atoms with Crippen molar-refractivity contribution in [2.45, 2.75) is 12.1 Å². The molecule has 0 radical (unpaired) electrons. The summed E-state index contributed by atoms with van der Waals surface area (Å²) in [5.74, 6) is 0. The van der Waals surface area contributed by atoms with Crippen molar-refractivity contribution in [3.63, 3.8) is 0 Å². The van der Waals surface area contributed by atoms with Crippen molar-refractivity contribution < 1.29 is 43.6 Å². The summed E-state index contributed by atoms with van der Waals surface area (Å²) in [6.45, 7) is -0.165. The molecule has 0 aromatic heterocycles. The Morgan fingerprint density at radius 1 is 1.26 bits per heavy atom. The number of aliphatic hydroxyl groups is 2. The number of halogens is 1. The SMILES string of the molecule is C[N+](C)(C)C(CO)C(O)c1ccc([N+](=O)[O-])cc1.[I-]. The molecule has 2 unspecified atom stereocenters. The van der Waals surface area contributed by atoms with Crippen molar-refractivity contribution in [1.82, 2.24) is 0 Å². The number of aliphatic hydroxyl groups excluding tert-OH is 2. The molecule has 108 valence electrons. The van der Waals surface area contributed by atoms with Gasteiger partial charge in [0.1, 0.15) is 12.1 Å². The predicted molar refractivity (Wildman–Crippen MR) is 67.0 cm³/mol. The maximum atomic E-state index is 10.5. The molecular formula is C12H19IN2O4. The molecule has 7 heteroatoms. The largest absolute Gasteiger partial charge is 1.00 e. The standard InChI is InChI=1S/C12H19N2O4.HI/c1-14(2,3)11(8-15)12(16)9-4-6-10(7-5-9)13(17)18;/h4-7,11-12,15-16H,8H2,1-3H3;1H/q+1;/p-1. The highest BCUT2D eigenvalue weighted by Gasteiger charge is 2.32. The van der Waals surface area contributed by atoms with E-state index in [0.29, 0.717) is 10.0 Å². The Kier molecular flexibility index (Phi) is 6.84. The Bertz CT molecular complexity index is 417. The number of non-ortho nitro benzene ring substituents is 1. The second-order valence-electron chi connectivity index (χ2n) is 5.16. The summed E-state index contributed by atoms with van der Waals surface area (Å²) in [5, 5.41) is 30.1. The number of nitro groups is 1. The van der Waals surface area contributed by atoms with E-state index in [1.54, 1.807) is 0 Å². The van der Waals surface area contributed by atoms with Crippen LogP contribution in [0.25, 0.3) is 0 Å². The van der Waals surface area contributed by atoms with Crippen molar-refractivity contribution >= 4 is 5.69 Å². The van der Waals surface area contributed by atoms with Crippen LogP contribution in [0.4, 0.5) is 5.69 Å². The molecule has 0 saturated carbocycles. The number of hydrogen-bond donors (Lipinski definition) is 2. The third kappa shape index (κ3) is 4.68. The topological polar surface area (TPSA) is 83.6 Å². The summed E-state index contributed by atoms with van der Waals surface area (Å²) in [7, 11) is 5.61. The van der Waals surface area contributed by atoms with Gasteiger partial charge in [0.2, 0.25) is 0 Å². The van der Waals surface area contributed by atoms with Crippen molar-refractivity contribution in [3.8, 4) is 0 Å². The molecule has 0 spiro atoms. The van der Waals surface area contributed by atoms with Crippen molar-refractivity contribution in [2.75, 3.05) is 27.7 Å². The average Bonchev–Trinajstić information content (AvgIpc) is 2.28. The summed E-state index contributed by atoms with van der Waals surface area (Å²) >= 11 is 0. The molecule has 0 bridgehead atoms. The van der Waals surface area contributed by atoms with Crippen LogP contribution in [0, 0.1) is 10.1 Å². The predicted octanol–water partition coefficient (Wildman–Crippen LogP) is -2.30. The van der Waals surface area contributed by atoms with E-state index in [1.807, 2.05) is 21.1 Å². The molecule has 0 heterocycles. The van der Waals surface area contributed by atoms with Crippen LogP contribution in [0.3, 0.4) is 0 Å². The van der Waals surface area contributed by atoms with E-state index in [1.165, 1.54) is 24.3 Å². The van der Waals surface area contributed by atoms with Gasteiger partial charge in [0.15, 0.2) is 0 Å². The molecule has 1 rings (SSSR count). The van der Waals surface area contributed by atoms with E-state index in [2.05, 4.69) is 0 Å². The van der Waals surface area contributed by atoms with E-state index in [9.17, 15) is 20.3 Å². The van der Waals surface area contributed by atoms with Crippen LogP contribution in [0.15, 0.2) is 24.3 Å². The zero-order valence-corrected chi connectivity index (χ0v) is 13.3. The molecule has 19 heavy (non-hydrogen) atoms. The maximum Gasteiger partial charge on any atom is 0.269 e. The number of nitro benzene ring substituents is 1. The van der Waals surface area contributed by atoms with Gasteiger partial charge in [-0.05, 0) is 17.7 Å². The molecule has 1 aromatic rings. The molecule has 0 aliphatic rings. The number of hydrogen-bond acceptors (Lipinski definition) is 4. The minimum absolute atomic E-state index is 0. The first kappa shape index (κ1) is 18.2. The number of quaternary nitrogens is 1. The number of nitrogens with zero attached hydrogens (tertiary/aromatic N) is 2. The van der Waals surface area contributed by atoms with Crippen LogP contribution in [-0.4, -0.2) is 53.4 Å². The van der Waals surface area contributed by atoms with Crippen molar-refractivity contribution in [2.24, 2.45) is 0 Å². The van der Waals surface area contributed by atoms with Gasteiger partial charge in [-0.15, -0.1) is 0 Å². The zero-order valence-electron chi connectivity index (χ0n) is 11.2. The maximum absolute atomic E-state index is 10.5. The third-order valence-corrected chi connectivity index (χ3v) is 2.99. The van der Waals surface area contributed by atoms with Gasteiger partial charge in [-0.3, -0.25) is 10.1 Å². The molecule has 0 amide bonds. The molecule has 0 aliphatic heterocycles. The Balaban J connectivity index is 0.00000324. The zero-order chi connectivity index (χ0) is 13.9. The van der Waals surface area contributed by atoms with Crippen LogP contribution >= 0.6 is 0 Å². The third-order valence-electron chi connectivity index (χ3n) is 2.99. The summed E-state index contributed by atoms with van der Waals surface area (Å²) in [4.78, 5) is 10.0. The fourth-order valence-electron chi connectivity index (χ4n) is 1.78. The quantitative estimate of drug-likeness (QED) is 0.260. The fourth-order valence-corrected chi connectivity index (χ4v) is 1.78. The first-order valence-electron chi connectivity index (χ1n) is 5.61. The lowest BCUT2D eigenvalue weighted by Crippen LogP contribution is -3.00. The summed E-state index contributed by atoms with van der Waals surface area (Å²) in [6.07, 6.45) is -0.865. The minimum Gasteiger partial charge on any atom is -1.00 e. The van der Waals surface area contributed by atoms with Crippen LogP contribution < -0.4 is 24.0 Å².